The SMILES string of the molecule is Cc1nsc(N2CCN(C(=O)c3ccc4c(c3)CC(c3ccccc3)OC4=O)CC2)n1. The molecule has 7 nitrogen and oxygen atoms in total. The van der Waals surface area contributed by atoms with E-state index in [1.165, 1.54) is 11.5 Å². The van der Waals surface area contributed by atoms with E-state index in [0.29, 0.717) is 30.6 Å². The fourth-order valence-corrected chi connectivity index (χ4v) is 4.81. The van der Waals surface area contributed by atoms with Crippen molar-refractivity contribution in [3.05, 3.63) is 76.6 Å². The number of benzene rings is 2. The maximum absolute atomic E-state index is 13.1. The highest BCUT2D eigenvalue weighted by molar-refractivity contribution is 7.09. The van der Waals surface area contributed by atoms with Crippen LogP contribution in [0.2, 0.25) is 0 Å². The van der Waals surface area contributed by atoms with Crippen LogP contribution in [0, 0.1) is 6.92 Å². The number of nitrogens with zero attached hydrogens (tertiary/aromatic N) is 4. The average molecular weight is 435 g/mol. The summed E-state index contributed by atoms with van der Waals surface area (Å²) in [6.07, 6.45) is 0.238. The molecule has 1 saturated heterocycles. The van der Waals surface area contributed by atoms with Crippen LogP contribution in [-0.2, 0) is 11.2 Å². The first-order chi connectivity index (χ1) is 15.1. The first kappa shape index (κ1) is 19.7. The molecule has 0 N–H and O–H groups in total. The van der Waals surface area contributed by atoms with Gasteiger partial charge in [-0.05, 0) is 36.2 Å². The molecule has 5 rings (SSSR count). The molecule has 0 saturated carbocycles. The molecule has 0 aliphatic carbocycles. The molecule has 1 fully saturated rings. The average Bonchev–Trinajstić information content (AvgIpc) is 3.25. The Morgan fingerprint density at radius 3 is 2.58 bits per heavy atom. The number of carbonyl (C=O) groups is 2. The smallest absolute Gasteiger partial charge is 0.339 e. The first-order valence-electron chi connectivity index (χ1n) is 10.3. The number of ether oxygens (including phenoxy) is 1. The van der Waals surface area contributed by atoms with Gasteiger partial charge in [0.1, 0.15) is 11.9 Å². The van der Waals surface area contributed by atoms with Gasteiger partial charge in [0.05, 0.1) is 5.56 Å². The number of rotatable bonds is 3. The van der Waals surface area contributed by atoms with Crippen molar-refractivity contribution in [2.45, 2.75) is 19.4 Å². The summed E-state index contributed by atoms with van der Waals surface area (Å²) in [6.45, 7) is 4.60. The summed E-state index contributed by atoms with van der Waals surface area (Å²) in [5.74, 6) is 0.432. The Labute approximate surface area is 184 Å². The zero-order valence-electron chi connectivity index (χ0n) is 17.2. The highest BCUT2D eigenvalue weighted by Crippen LogP contribution is 2.31. The van der Waals surface area contributed by atoms with Gasteiger partial charge in [-0.15, -0.1) is 0 Å². The lowest BCUT2D eigenvalue weighted by Gasteiger charge is -2.34. The van der Waals surface area contributed by atoms with Crippen LogP contribution in [0.4, 0.5) is 5.13 Å². The number of cyclic esters (lactones) is 1. The van der Waals surface area contributed by atoms with Crippen molar-refractivity contribution in [1.29, 1.82) is 0 Å². The van der Waals surface area contributed by atoms with Crippen LogP contribution in [0.25, 0.3) is 0 Å². The molecule has 1 atom stereocenters. The molecule has 1 unspecified atom stereocenters. The number of hydrogen-bond donors (Lipinski definition) is 0. The number of carbonyl (C=O) groups excluding carboxylic acids is 2. The van der Waals surface area contributed by atoms with Crippen LogP contribution >= 0.6 is 11.5 Å². The van der Waals surface area contributed by atoms with Gasteiger partial charge < -0.3 is 14.5 Å². The summed E-state index contributed by atoms with van der Waals surface area (Å²) >= 11 is 1.39. The summed E-state index contributed by atoms with van der Waals surface area (Å²) in [6, 6.07) is 15.0. The Kier molecular flexibility index (Phi) is 5.15. The lowest BCUT2D eigenvalue weighted by molar-refractivity contribution is 0.0252. The number of esters is 1. The van der Waals surface area contributed by atoms with Crippen LogP contribution < -0.4 is 4.90 Å². The van der Waals surface area contributed by atoms with Gasteiger partial charge in [0.2, 0.25) is 5.13 Å². The van der Waals surface area contributed by atoms with E-state index in [-0.39, 0.29) is 18.0 Å². The van der Waals surface area contributed by atoms with Gasteiger partial charge in [-0.25, -0.2) is 9.78 Å². The fraction of sp³-hybridized carbons (Fsp3) is 0.304. The van der Waals surface area contributed by atoms with Crippen molar-refractivity contribution in [3.8, 4) is 0 Å². The van der Waals surface area contributed by atoms with Gasteiger partial charge in [0.15, 0.2) is 0 Å². The van der Waals surface area contributed by atoms with E-state index >= 15 is 0 Å². The third-order valence-electron chi connectivity index (χ3n) is 5.75. The summed E-state index contributed by atoms with van der Waals surface area (Å²) < 4.78 is 9.86. The van der Waals surface area contributed by atoms with E-state index in [0.717, 1.165) is 35.2 Å². The second-order valence-electron chi connectivity index (χ2n) is 7.78. The molecule has 1 amide bonds. The topological polar surface area (TPSA) is 75.6 Å². The van der Waals surface area contributed by atoms with Crippen LogP contribution in [-0.4, -0.2) is 52.3 Å². The van der Waals surface area contributed by atoms with E-state index in [4.69, 9.17) is 4.74 Å². The molecule has 3 aromatic rings. The van der Waals surface area contributed by atoms with Crippen LogP contribution in [0.1, 0.15) is 43.8 Å². The second-order valence-corrected chi connectivity index (χ2v) is 8.51. The number of piperazine rings is 1. The standard InChI is InChI=1S/C23H22N4O3S/c1-15-24-23(31-25-15)27-11-9-26(10-12-27)21(28)17-7-8-19-18(13-17)14-20(30-22(19)29)16-5-3-2-4-6-16/h2-8,13,20H,9-12,14H2,1H3. The van der Waals surface area contributed by atoms with E-state index in [9.17, 15) is 9.59 Å². The largest absolute Gasteiger partial charge is 0.454 e. The molecular weight excluding hydrogens is 412 g/mol. The third-order valence-corrected chi connectivity index (χ3v) is 6.62. The van der Waals surface area contributed by atoms with Crippen molar-refractivity contribution < 1.29 is 14.3 Å². The van der Waals surface area contributed by atoms with Crippen molar-refractivity contribution in [2.24, 2.45) is 0 Å². The Bertz CT molecular complexity index is 1120. The fourth-order valence-electron chi connectivity index (χ4n) is 4.08. The molecule has 2 aromatic carbocycles. The lowest BCUT2D eigenvalue weighted by atomic mass is 9.93. The van der Waals surface area contributed by atoms with Crippen molar-refractivity contribution in [1.82, 2.24) is 14.3 Å². The number of aryl methyl sites for hydroxylation is 1. The molecule has 3 heterocycles. The van der Waals surface area contributed by atoms with E-state index in [1.54, 1.807) is 12.1 Å². The molecule has 31 heavy (non-hydrogen) atoms. The maximum Gasteiger partial charge on any atom is 0.339 e. The summed E-state index contributed by atoms with van der Waals surface area (Å²) in [4.78, 5) is 34.1. The second kappa shape index (κ2) is 8.11. The van der Waals surface area contributed by atoms with Crippen molar-refractivity contribution in [2.75, 3.05) is 31.1 Å². The van der Waals surface area contributed by atoms with Gasteiger partial charge in [-0.1, -0.05) is 30.3 Å². The Morgan fingerprint density at radius 2 is 1.87 bits per heavy atom. The van der Waals surface area contributed by atoms with Crippen molar-refractivity contribution >= 4 is 28.5 Å². The molecule has 0 radical (unpaired) electrons. The summed E-state index contributed by atoms with van der Waals surface area (Å²) in [7, 11) is 0. The minimum absolute atomic E-state index is 0.00824. The number of hydrogen-bond acceptors (Lipinski definition) is 7. The Balaban J connectivity index is 1.30. The lowest BCUT2D eigenvalue weighted by Crippen LogP contribution is -2.48. The molecule has 0 spiro atoms. The zero-order chi connectivity index (χ0) is 21.4. The highest BCUT2D eigenvalue weighted by Gasteiger charge is 2.29. The van der Waals surface area contributed by atoms with Crippen LogP contribution in [0.15, 0.2) is 48.5 Å². The van der Waals surface area contributed by atoms with Crippen LogP contribution in [0.3, 0.4) is 0 Å². The molecule has 2 aliphatic heterocycles. The molecular formula is C23H22N4O3S. The van der Waals surface area contributed by atoms with E-state index < -0.39 is 0 Å². The number of aromatic nitrogens is 2. The molecule has 1 aromatic heterocycles. The summed E-state index contributed by atoms with van der Waals surface area (Å²) in [5.41, 5.74) is 2.97. The van der Waals surface area contributed by atoms with Gasteiger partial charge in [-0.3, -0.25) is 4.79 Å². The normalized spacial score (nSPS) is 18.5. The number of fused-ring (bicyclic) bond motifs is 1. The van der Waals surface area contributed by atoms with E-state index in [1.807, 2.05) is 48.2 Å². The van der Waals surface area contributed by atoms with E-state index in [2.05, 4.69) is 14.3 Å². The molecule has 8 heteroatoms. The monoisotopic (exact) mass is 434 g/mol. The Hall–Kier alpha value is -3.26. The predicted octanol–water partition coefficient (Wildman–Crippen LogP) is 3.26. The first-order valence-corrected chi connectivity index (χ1v) is 11.1. The third kappa shape index (κ3) is 3.90. The zero-order valence-corrected chi connectivity index (χ0v) is 18.0. The number of anilines is 1. The van der Waals surface area contributed by atoms with Crippen molar-refractivity contribution in [3.63, 3.8) is 0 Å². The number of amides is 1. The molecule has 2 aliphatic rings. The van der Waals surface area contributed by atoms with Gasteiger partial charge in [0.25, 0.3) is 5.91 Å². The Morgan fingerprint density at radius 1 is 1.10 bits per heavy atom. The summed E-state index contributed by atoms with van der Waals surface area (Å²) in [5, 5.41) is 0.906. The van der Waals surface area contributed by atoms with Gasteiger partial charge in [0, 0.05) is 49.7 Å². The minimum atomic E-state index is -0.338. The quantitative estimate of drug-likeness (QED) is 0.589. The molecule has 0 bridgehead atoms. The predicted molar refractivity (Wildman–Crippen MR) is 118 cm³/mol. The van der Waals surface area contributed by atoms with Crippen LogP contribution in [0.5, 0.6) is 0 Å². The molecule has 158 valence electrons. The van der Waals surface area contributed by atoms with Gasteiger partial charge in [-0.2, -0.15) is 4.37 Å². The minimum Gasteiger partial charge on any atom is -0.454 e. The van der Waals surface area contributed by atoms with Gasteiger partial charge >= 0.3 is 5.97 Å². The highest BCUT2D eigenvalue weighted by atomic mass is 32.1. The maximum atomic E-state index is 13.1.